The maximum atomic E-state index is 5.93. The van der Waals surface area contributed by atoms with Crippen molar-refractivity contribution >= 4 is 17.1 Å². The normalized spacial score (nSPS) is 12.5. The van der Waals surface area contributed by atoms with E-state index in [0.717, 1.165) is 11.4 Å². The average molecular weight is 227 g/mol. The molecule has 0 fully saturated rings. The Morgan fingerprint density at radius 3 is 2.82 bits per heavy atom. The summed E-state index contributed by atoms with van der Waals surface area (Å²) in [6.45, 7) is 0.247. The van der Waals surface area contributed by atoms with E-state index >= 15 is 0 Å². The molecule has 1 aliphatic heterocycles. The van der Waals surface area contributed by atoms with Crippen LogP contribution in [0.3, 0.4) is 0 Å². The van der Waals surface area contributed by atoms with Crippen LogP contribution in [0.5, 0.6) is 11.5 Å². The molecule has 0 saturated heterocycles. The lowest BCUT2D eigenvalue weighted by Gasteiger charge is -2.10. The van der Waals surface area contributed by atoms with Gasteiger partial charge >= 0.3 is 0 Å². The average Bonchev–Trinajstić information content (AvgIpc) is 2.78. The summed E-state index contributed by atoms with van der Waals surface area (Å²) in [6.07, 6.45) is 0. The Morgan fingerprint density at radius 1 is 1.24 bits per heavy atom. The lowest BCUT2D eigenvalue weighted by atomic mass is 10.2. The van der Waals surface area contributed by atoms with Gasteiger partial charge in [0.1, 0.15) is 0 Å². The molecule has 4 heteroatoms. The van der Waals surface area contributed by atoms with Crippen LogP contribution in [0.1, 0.15) is 0 Å². The summed E-state index contributed by atoms with van der Waals surface area (Å²) in [5.74, 6) is 1.40. The van der Waals surface area contributed by atoms with E-state index in [1.165, 1.54) is 0 Å². The lowest BCUT2D eigenvalue weighted by Crippen LogP contribution is -1.96. The van der Waals surface area contributed by atoms with E-state index in [-0.39, 0.29) is 6.79 Å². The highest BCUT2D eigenvalue weighted by molar-refractivity contribution is 5.76. The molecule has 0 unspecified atom stereocenters. The monoisotopic (exact) mass is 227 g/mol. The molecule has 4 nitrogen and oxygen atoms in total. The molecule has 1 heterocycles. The Labute approximate surface area is 99.0 Å². The maximum absolute atomic E-state index is 5.93. The molecule has 0 amide bonds. The van der Waals surface area contributed by atoms with Crippen molar-refractivity contribution in [3.63, 3.8) is 0 Å². The molecular weight excluding hydrogens is 216 g/mol. The highest BCUT2D eigenvalue weighted by atomic mass is 16.7. The first-order chi connectivity index (χ1) is 8.33. The smallest absolute Gasteiger partial charge is 0.231 e. The van der Waals surface area contributed by atoms with E-state index in [0.29, 0.717) is 17.2 Å². The number of fused-ring (bicyclic) bond motifs is 1. The first kappa shape index (κ1) is 9.84. The molecule has 2 aromatic rings. The Balaban J connectivity index is 1.93. The molecule has 3 rings (SSSR count). The third kappa shape index (κ3) is 1.85. The summed E-state index contributed by atoms with van der Waals surface area (Å²) in [5, 5.41) is 3.21. The van der Waals surface area contributed by atoms with Crippen molar-refractivity contribution in [2.24, 2.45) is 0 Å². The number of ether oxygens (including phenoxy) is 2. The van der Waals surface area contributed by atoms with Gasteiger partial charge in [-0.05, 0) is 18.2 Å². The number of benzene rings is 2. The molecule has 0 spiro atoms. The Morgan fingerprint density at radius 2 is 2.06 bits per heavy atom. The third-order valence-electron chi connectivity index (χ3n) is 2.53. The number of nitrogens with one attached hydrogen (secondary N) is 1. The van der Waals surface area contributed by atoms with E-state index in [9.17, 15) is 0 Å². The summed E-state index contributed by atoms with van der Waals surface area (Å²) < 4.78 is 10.6. The van der Waals surface area contributed by atoms with Crippen LogP contribution in [-0.2, 0) is 0 Å². The van der Waals surface area contributed by atoms with E-state index in [4.69, 9.17) is 15.2 Å². The summed E-state index contributed by atoms with van der Waals surface area (Å²) >= 11 is 0. The zero-order chi connectivity index (χ0) is 11.7. The molecule has 0 bridgehead atoms. The molecule has 85 valence electrons. The minimum Gasteiger partial charge on any atom is -0.454 e. The maximum Gasteiger partial charge on any atom is 0.231 e. The van der Waals surface area contributed by atoms with Gasteiger partial charge in [0.15, 0.2) is 11.5 Å². The van der Waals surface area contributed by atoms with Crippen LogP contribution in [0.4, 0.5) is 17.1 Å². The Hall–Kier alpha value is -2.36. The van der Waals surface area contributed by atoms with Gasteiger partial charge in [-0.1, -0.05) is 12.1 Å². The van der Waals surface area contributed by atoms with Gasteiger partial charge in [0, 0.05) is 17.8 Å². The molecule has 0 aromatic heterocycles. The minimum atomic E-state index is 0.247. The molecule has 17 heavy (non-hydrogen) atoms. The summed E-state index contributed by atoms with van der Waals surface area (Å²) in [4.78, 5) is 0. The summed E-state index contributed by atoms with van der Waals surface area (Å²) in [7, 11) is 0. The molecular formula is C13H11N2O2. The first-order valence-corrected chi connectivity index (χ1v) is 5.25. The summed E-state index contributed by atoms with van der Waals surface area (Å²) in [5.41, 5.74) is 8.29. The van der Waals surface area contributed by atoms with Gasteiger partial charge in [-0.3, -0.25) is 0 Å². The molecule has 0 atom stereocenters. The van der Waals surface area contributed by atoms with Gasteiger partial charge in [0.2, 0.25) is 6.79 Å². The van der Waals surface area contributed by atoms with Gasteiger partial charge in [0.25, 0.3) is 0 Å². The van der Waals surface area contributed by atoms with Gasteiger partial charge in [0.05, 0.1) is 11.4 Å². The van der Waals surface area contributed by atoms with Crippen molar-refractivity contribution in [2.45, 2.75) is 0 Å². The van der Waals surface area contributed by atoms with Crippen molar-refractivity contribution < 1.29 is 9.47 Å². The van der Waals surface area contributed by atoms with E-state index in [1.54, 1.807) is 6.07 Å². The van der Waals surface area contributed by atoms with Gasteiger partial charge in [-0.2, -0.15) is 0 Å². The van der Waals surface area contributed by atoms with Gasteiger partial charge < -0.3 is 20.5 Å². The molecule has 0 saturated carbocycles. The fourth-order valence-corrected chi connectivity index (χ4v) is 1.69. The van der Waals surface area contributed by atoms with Gasteiger partial charge in [-0.25, -0.2) is 0 Å². The number of rotatable bonds is 2. The second kappa shape index (κ2) is 3.90. The van der Waals surface area contributed by atoms with Crippen molar-refractivity contribution in [2.75, 3.05) is 17.8 Å². The molecule has 2 aromatic carbocycles. The lowest BCUT2D eigenvalue weighted by molar-refractivity contribution is 0.174. The molecule has 0 aliphatic carbocycles. The highest BCUT2D eigenvalue weighted by Gasteiger charge is 2.15. The van der Waals surface area contributed by atoms with Crippen LogP contribution in [0.2, 0.25) is 0 Å². The van der Waals surface area contributed by atoms with E-state index in [1.807, 2.05) is 30.3 Å². The van der Waals surface area contributed by atoms with Crippen LogP contribution in [0, 0.1) is 6.07 Å². The summed E-state index contributed by atoms with van der Waals surface area (Å²) in [6, 6.07) is 14.1. The highest BCUT2D eigenvalue weighted by Crippen LogP contribution is 2.39. The zero-order valence-corrected chi connectivity index (χ0v) is 9.07. The van der Waals surface area contributed by atoms with Gasteiger partial charge in [-0.15, -0.1) is 0 Å². The number of anilines is 3. The zero-order valence-electron chi connectivity index (χ0n) is 9.07. The molecule has 1 radical (unpaired) electrons. The van der Waals surface area contributed by atoms with Crippen molar-refractivity contribution in [1.29, 1.82) is 0 Å². The fraction of sp³-hybridized carbons (Fsp3) is 0.0769. The van der Waals surface area contributed by atoms with Crippen LogP contribution >= 0.6 is 0 Å². The first-order valence-electron chi connectivity index (χ1n) is 5.25. The van der Waals surface area contributed by atoms with Crippen LogP contribution < -0.4 is 20.5 Å². The Kier molecular flexibility index (Phi) is 2.26. The fourth-order valence-electron chi connectivity index (χ4n) is 1.69. The number of hydrogen-bond donors (Lipinski definition) is 2. The predicted molar refractivity (Wildman–Crippen MR) is 65.5 cm³/mol. The number of hydrogen-bond acceptors (Lipinski definition) is 4. The second-order valence-corrected chi connectivity index (χ2v) is 3.71. The van der Waals surface area contributed by atoms with Crippen molar-refractivity contribution in [1.82, 2.24) is 0 Å². The number of nitrogens with two attached hydrogens (primary N) is 1. The molecule has 1 aliphatic rings. The topological polar surface area (TPSA) is 56.5 Å². The van der Waals surface area contributed by atoms with E-state index < -0.39 is 0 Å². The SMILES string of the molecule is Nc1cc2c(cc1Nc1c[c]ccc1)OCO2. The standard InChI is InChI=1S/C13H11N2O2/c14-10-6-12-13(17-8-16-12)7-11(10)15-9-4-2-1-3-5-9/h1-2,4-7,15H,8,14H2. The van der Waals surface area contributed by atoms with Crippen LogP contribution in [0.15, 0.2) is 36.4 Å². The number of nitrogen functional groups attached to an aromatic ring is 1. The molecule has 3 N–H and O–H groups in total. The Bertz CT molecular complexity index is 541. The largest absolute Gasteiger partial charge is 0.454 e. The third-order valence-corrected chi connectivity index (χ3v) is 2.53. The second-order valence-electron chi connectivity index (χ2n) is 3.71. The van der Waals surface area contributed by atoms with Crippen LogP contribution in [0.25, 0.3) is 0 Å². The van der Waals surface area contributed by atoms with Crippen LogP contribution in [-0.4, -0.2) is 6.79 Å². The van der Waals surface area contributed by atoms with E-state index in [2.05, 4.69) is 11.4 Å². The predicted octanol–water partition coefficient (Wildman–Crippen LogP) is 2.54. The quantitative estimate of drug-likeness (QED) is 0.774. The van der Waals surface area contributed by atoms with Crippen molar-refractivity contribution in [3.05, 3.63) is 42.5 Å². The minimum absolute atomic E-state index is 0.247. The van der Waals surface area contributed by atoms with Crippen molar-refractivity contribution in [3.8, 4) is 11.5 Å².